The van der Waals surface area contributed by atoms with Gasteiger partial charge in [0.05, 0.1) is 5.41 Å². The van der Waals surface area contributed by atoms with Gasteiger partial charge in [0.1, 0.15) is 5.82 Å². The average molecular weight is 329 g/mol. The van der Waals surface area contributed by atoms with Gasteiger partial charge in [-0.25, -0.2) is 4.39 Å². The molecule has 1 amide bonds. The van der Waals surface area contributed by atoms with Crippen molar-refractivity contribution in [3.05, 3.63) is 47.8 Å². The maximum atomic E-state index is 13.5. The van der Waals surface area contributed by atoms with Crippen LogP contribution in [0.1, 0.15) is 31.2 Å². The van der Waals surface area contributed by atoms with Crippen molar-refractivity contribution in [2.24, 2.45) is 11.8 Å². The number of carbonyl (C=O) groups is 1. The zero-order valence-electron chi connectivity index (χ0n) is 13.9. The van der Waals surface area contributed by atoms with Crippen molar-refractivity contribution in [3.63, 3.8) is 0 Å². The number of allylic oxidation sites excluding steroid dienone is 2. The Kier molecular flexibility index (Phi) is 4.17. The van der Waals surface area contributed by atoms with Gasteiger partial charge in [0.25, 0.3) is 0 Å². The van der Waals surface area contributed by atoms with E-state index in [4.69, 9.17) is 4.74 Å². The maximum Gasteiger partial charge on any atom is 0.233 e. The second-order valence-corrected chi connectivity index (χ2v) is 7.37. The van der Waals surface area contributed by atoms with Crippen molar-refractivity contribution in [2.75, 3.05) is 26.3 Å². The third kappa shape index (κ3) is 2.67. The highest BCUT2D eigenvalue weighted by atomic mass is 19.1. The topological polar surface area (TPSA) is 29.5 Å². The molecule has 2 heterocycles. The molecule has 0 spiro atoms. The van der Waals surface area contributed by atoms with E-state index in [1.165, 1.54) is 12.1 Å². The first-order valence-corrected chi connectivity index (χ1v) is 8.97. The molecule has 0 unspecified atom stereocenters. The first-order valence-electron chi connectivity index (χ1n) is 8.97. The summed E-state index contributed by atoms with van der Waals surface area (Å²) in [6.07, 6.45) is 8.03. The van der Waals surface area contributed by atoms with E-state index in [2.05, 4.69) is 17.1 Å². The molecule has 4 heteroatoms. The molecule has 0 radical (unpaired) electrons. The lowest BCUT2D eigenvalue weighted by molar-refractivity contribution is -0.140. The quantitative estimate of drug-likeness (QED) is 0.779. The molecule has 4 rings (SSSR count). The number of hydrogen-bond donors (Lipinski definition) is 0. The van der Waals surface area contributed by atoms with Gasteiger partial charge >= 0.3 is 0 Å². The van der Waals surface area contributed by atoms with Crippen molar-refractivity contribution in [1.82, 2.24) is 4.90 Å². The molecule has 0 saturated carbocycles. The van der Waals surface area contributed by atoms with Crippen molar-refractivity contribution < 1.29 is 13.9 Å². The minimum absolute atomic E-state index is 0.215. The number of hydrogen-bond acceptors (Lipinski definition) is 2. The van der Waals surface area contributed by atoms with Crippen LogP contribution < -0.4 is 0 Å². The van der Waals surface area contributed by atoms with E-state index in [0.29, 0.717) is 37.9 Å². The van der Waals surface area contributed by atoms with Crippen LogP contribution in [0.5, 0.6) is 0 Å². The summed E-state index contributed by atoms with van der Waals surface area (Å²) in [5.41, 5.74) is 0.387. The SMILES string of the molecule is O=C(N1C[C@H]2CC=CC[C@H]2C1)C1(c2ccc(F)cc2)CCOCC1. The Balaban J connectivity index is 1.62. The fraction of sp³-hybridized carbons (Fsp3) is 0.550. The van der Waals surface area contributed by atoms with Crippen LogP contribution in [-0.2, 0) is 14.9 Å². The van der Waals surface area contributed by atoms with Gasteiger partial charge < -0.3 is 9.64 Å². The van der Waals surface area contributed by atoms with Gasteiger partial charge in [-0.05, 0) is 55.2 Å². The maximum absolute atomic E-state index is 13.5. The summed E-state index contributed by atoms with van der Waals surface area (Å²) in [4.78, 5) is 15.6. The Morgan fingerprint density at radius 1 is 1.04 bits per heavy atom. The van der Waals surface area contributed by atoms with Crippen LogP contribution in [0.3, 0.4) is 0 Å². The molecular formula is C20H24FNO2. The molecule has 1 aromatic carbocycles. The van der Waals surface area contributed by atoms with Crippen LogP contribution in [-0.4, -0.2) is 37.1 Å². The van der Waals surface area contributed by atoms with Crippen LogP contribution in [0.4, 0.5) is 4.39 Å². The zero-order chi connectivity index (χ0) is 16.6. The molecule has 24 heavy (non-hydrogen) atoms. The third-order valence-electron chi connectivity index (χ3n) is 6.06. The van der Waals surface area contributed by atoms with E-state index in [1.54, 1.807) is 12.1 Å². The molecular weight excluding hydrogens is 305 g/mol. The molecule has 0 aromatic heterocycles. The van der Waals surface area contributed by atoms with Gasteiger partial charge in [-0.1, -0.05) is 24.3 Å². The van der Waals surface area contributed by atoms with E-state index in [9.17, 15) is 9.18 Å². The molecule has 1 aromatic rings. The number of nitrogens with zero attached hydrogens (tertiary/aromatic N) is 1. The lowest BCUT2D eigenvalue weighted by atomic mass is 9.73. The van der Waals surface area contributed by atoms with Crippen LogP contribution in [0.15, 0.2) is 36.4 Å². The Bertz CT molecular complexity index is 618. The zero-order valence-corrected chi connectivity index (χ0v) is 13.9. The average Bonchev–Trinajstić information content (AvgIpc) is 3.06. The normalized spacial score (nSPS) is 28.6. The standard InChI is InChI=1S/C20H24FNO2/c21-18-7-5-17(6-8-18)20(9-11-24-12-10-20)19(23)22-13-15-3-1-2-4-16(15)14-22/h1-2,5-8,15-16H,3-4,9-14H2/t15-,16+. The predicted octanol–water partition coefficient (Wildman–Crippen LogP) is 3.30. The highest BCUT2D eigenvalue weighted by Gasteiger charge is 2.47. The fourth-order valence-electron chi connectivity index (χ4n) is 4.60. The fourth-order valence-corrected chi connectivity index (χ4v) is 4.60. The lowest BCUT2D eigenvalue weighted by Gasteiger charge is -2.39. The Morgan fingerprint density at radius 2 is 1.62 bits per heavy atom. The second kappa shape index (κ2) is 6.32. The summed E-state index contributed by atoms with van der Waals surface area (Å²) in [5, 5.41) is 0. The van der Waals surface area contributed by atoms with Crippen LogP contribution in [0.2, 0.25) is 0 Å². The van der Waals surface area contributed by atoms with Crippen LogP contribution in [0.25, 0.3) is 0 Å². The first kappa shape index (κ1) is 15.8. The Morgan fingerprint density at radius 3 is 2.21 bits per heavy atom. The Hall–Kier alpha value is -1.68. The Labute approximate surface area is 142 Å². The molecule has 2 saturated heterocycles. The minimum atomic E-state index is -0.549. The minimum Gasteiger partial charge on any atom is -0.381 e. The van der Waals surface area contributed by atoms with E-state index < -0.39 is 5.41 Å². The summed E-state index contributed by atoms with van der Waals surface area (Å²) in [6.45, 7) is 2.89. The van der Waals surface area contributed by atoms with Crippen molar-refractivity contribution >= 4 is 5.91 Å². The smallest absolute Gasteiger partial charge is 0.233 e. The molecule has 3 aliphatic rings. The molecule has 0 N–H and O–H groups in total. The number of rotatable bonds is 2. The highest BCUT2D eigenvalue weighted by molar-refractivity contribution is 5.88. The number of fused-ring (bicyclic) bond motifs is 1. The van der Waals surface area contributed by atoms with E-state index >= 15 is 0 Å². The molecule has 2 aliphatic heterocycles. The summed E-state index contributed by atoms with van der Waals surface area (Å²) >= 11 is 0. The molecule has 2 fully saturated rings. The monoisotopic (exact) mass is 329 g/mol. The van der Waals surface area contributed by atoms with Gasteiger partial charge in [0.15, 0.2) is 0 Å². The summed E-state index contributed by atoms with van der Waals surface area (Å²) in [6, 6.07) is 6.49. The van der Waals surface area contributed by atoms with E-state index in [1.807, 2.05) is 0 Å². The number of amides is 1. The number of likely N-dealkylation sites (tertiary alicyclic amines) is 1. The van der Waals surface area contributed by atoms with Crippen molar-refractivity contribution in [3.8, 4) is 0 Å². The number of halogens is 1. The summed E-state index contributed by atoms with van der Waals surface area (Å²) in [5.74, 6) is 1.16. The predicted molar refractivity (Wildman–Crippen MR) is 90.1 cm³/mol. The van der Waals surface area contributed by atoms with Gasteiger partial charge in [-0.3, -0.25) is 4.79 Å². The molecule has 2 atom stereocenters. The number of benzene rings is 1. The van der Waals surface area contributed by atoms with Gasteiger partial charge in [-0.15, -0.1) is 0 Å². The van der Waals surface area contributed by atoms with Crippen molar-refractivity contribution in [1.29, 1.82) is 0 Å². The van der Waals surface area contributed by atoms with Crippen LogP contribution >= 0.6 is 0 Å². The van der Waals surface area contributed by atoms with Gasteiger partial charge in [0, 0.05) is 26.3 Å². The number of ether oxygens (including phenoxy) is 1. The molecule has 128 valence electrons. The third-order valence-corrected chi connectivity index (χ3v) is 6.06. The van der Waals surface area contributed by atoms with E-state index in [-0.39, 0.29) is 11.7 Å². The highest BCUT2D eigenvalue weighted by Crippen LogP contribution is 2.40. The molecule has 3 nitrogen and oxygen atoms in total. The van der Waals surface area contributed by atoms with Gasteiger partial charge in [-0.2, -0.15) is 0 Å². The molecule has 0 bridgehead atoms. The summed E-state index contributed by atoms with van der Waals surface area (Å²) < 4.78 is 18.9. The lowest BCUT2D eigenvalue weighted by Crippen LogP contribution is -2.49. The number of carbonyl (C=O) groups excluding carboxylic acids is 1. The van der Waals surface area contributed by atoms with E-state index in [0.717, 1.165) is 31.5 Å². The summed E-state index contributed by atoms with van der Waals surface area (Å²) in [7, 11) is 0. The van der Waals surface area contributed by atoms with Crippen LogP contribution in [0, 0.1) is 17.7 Å². The first-order chi connectivity index (χ1) is 11.7. The largest absolute Gasteiger partial charge is 0.381 e. The second-order valence-electron chi connectivity index (χ2n) is 7.37. The van der Waals surface area contributed by atoms with Crippen molar-refractivity contribution in [2.45, 2.75) is 31.1 Å². The van der Waals surface area contributed by atoms with Gasteiger partial charge in [0.2, 0.25) is 5.91 Å². The molecule has 1 aliphatic carbocycles.